The third kappa shape index (κ3) is 3.96. The second-order valence-electron chi connectivity index (χ2n) is 7.57. The Balaban J connectivity index is 2.11. The second kappa shape index (κ2) is 8.31. The Labute approximate surface area is 166 Å². The summed E-state index contributed by atoms with van der Waals surface area (Å²) in [7, 11) is 2.93. The van der Waals surface area contributed by atoms with Gasteiger partial charge >= 0.3 is 0 Å². The fourth-order valence-electron chi connectivity index (χ4n) is 3.65. The average molecular weight is 379 g/mol. The number of hydrogen-bond donors (Lipinski definition) is 1. The molecule has 2 aliphatic rings. The summed E-state index contributed by atoms with van der Waals surface area (Å²) in [6.07, 6.45) is 10.1. The average Bonchev–Trinajstić information content (AvgIpc) is 3.19. The summed E-state index contributed by atoms with van der Waals surface area (Å²) in [5, 5.41) is 3.51. The minimum Gasteiger partial charge on any atom is -0.367 e. The van der Waals surface area contributed by atoms with Crippen LogP contribution < -0.4 is 5.09 Å². The molecule has 3 rings (SSSR count). The number of nitrogens with one attached hydrogen (secondary N) is 1. The van der Waals surface area contributed by atoms with Crippen molar-refractivity contribution in [3.63, 3.8) is 0 Å². The Hall–Kier alpha value is -2.05. The van der Waals surface area contributed by atoms with Gasteiger partial charge in [0.1, 0.15) is 0 Å². The van der Waals surface area contributed by atoms with E-state index < -0.39 is 0 Å². The fourth-order valence-corrected chi connectivity index (χ4v) is 4.50. The minimum absolute atomic E-state index is 0.315. The van der Waals surface area contributed by atoms with Gasteiger partial charge in [0.25, 0.3) is 0 Å². The first-order valence-electron chi connectivity index (χ1n) is 9.75. The van der Waals surface area contributed by atoms with Crippen LogP contribution in [0.5, 0.6) is 0 Å². The van der Waals surface area contributed by atoms with E-state index in [1.165, 1.54) is 33.7 Å². The van der Waals surface area contributed by atoms with E-state index in [2.05, 4.69) is 99.9 Å². The van der Waals surface area contributed by atoms with Crippen molar-refractivity contribution in [2.45, 2.75) is 39.7 Å². The number of allylic oxidation sites excluding steroid dienone is 5. The quantitative estimate of drug-likeness (QED) is 0.633. The summed E-state index contributed by atoms with van der Waals surface area (Å²) in [4.78, 5) is 2.34. The molecule has 0 saturated heterocycles. The highest BCUT2D eigenvalue weighted by atomic mass is 31.1. The standard InChI is InChI=1S/C24H31N2P/c1-7-8-21-22(20-11-9-19(10-12-20)16(2)3)15-17(4)26(6)24(21)18(5)23-13-14-27-25-23/h7-13,15-17,25,27H,5,14H2,1-4,6H3/b8-7-. The van der Waals surface area contributed by atoms with Crippen LogP contribution in [-0.2, 0) is 0 Å². The number of likely N-dealkylation sites (N-methyl/N-ethyl adjacent to an activating group) is 1. The van der Waals surface area contributed by atoms with Gasteiger partial charge in [-0.2, -0.15) is 0 Å². The molecule has 2 atom stereocenters. The zero-order valence-corrected chi connectivity index (χ0v) is 18.1. The molecule has 2 nitrogen and oxygen atoms in total. The van der Waals surface area contributed by atoms with E-state index in [4.69, 9.17) is 0 Å². The molecule has 1 aromatic rings. The number of rotatable bonds is 5. The normalized spacial score (nSPS) is 21.1. The molecule has 0 aliphatic carbocycles. The van der Waals surface area contributed by atoms with Crippen molar-refractivity contribution in [3.8, 4) is 0 Å². The highest BCUT2D eigenvalue weighted by Gasteiger charge is 2.27. The molecule has 0 spiro atoms. The summed E-state index contributed by atoms with van der Waals surface area (Å²) in [6.45, 7) is 13.3. The largest absolute Gasteiger partial charge is 0.367 e. The Morgan fingerprint density at radius 2 is 2.00 bits per heavy atom. The zero-order chi connectivity index (χ0) is 19.6. The molecule has 3 heteroatoms. The Bertz CT molecular complexity index is 838. The Morgan fingerprint density at radius 1 is 1.30 bits per heavy atom. The number of nitrogens with zero attached hydrogens (tertiary/aromatic N) is 1. The van der Waals surface area contributed by atoms with Crippen molar-refractivity contribution in [1.82, 2.24) is 9.99 Å². The molecule has 1 aromatic carbocycles. The van der Waals surface area contributed by atoms with Crippen LogP contribution in [0.4, 0.5) is 0 Å². The Kier molecular flexibility index (Phi) is 6.07. The van der Waals surface area contributed by atoms with Gasteiger partial charge in [-0.1, -0.05) is 69.0 Å². The molecule has 0 bridgehead atoms. The van der Waals surface area contributed by atoms with Gasteiger partial charge in [0.15, 0.2) is 0 Å². The van der Waals surface area contributed by atoms with Crippen molar-refractivity contribution in [3.05, 3.63) is 88.8 Å². The van der Waals surface area contributed by atoms with Crippen molar-refractivity contribution in [2.24, 2.45) is 0 Å². The van der Waals surface area contributed by atoms with Gasteiger partial charge in [0.2, 0.25) is 0 Å². The lowest BCUT2D eigenvalue weighted by atomic mass is 9.87. The predicted molar refractivity (Wildman–Crippen MR) is 121 cm³/mol. The molecule has 142 valence electrons. The maximum Gasteiger partial charge on any atom is 0.0536 e. The molecule has 2 aliphatic heterocycles. The maximum absolute atomic E-state index is 4.46. The number of benzene rings is 1. The lowest BCUT2D eigenvalue weighted by molar-refractivity contribution is 0.374. The SMILES string of the molecule is C=C(C1=CCPN1)C1=C(/C=C\C)C(c2ccc(C(C)C)cc2)=CC(C)N1C. The van der Waals surface area contributed by atoms with Crippen molar-refractivity contribution in [2.75, 3.05) is 13.2 Å². The third-order valence-electron chi connectivity index (χ3n) is 5.38. The fraction of sp³-hybridized carbons (Fsp3) is 0.333. The summed E-state index contributed by atoms with van der Waals surface area (Å²) < 4.78 is 0. The van der Waals surface area contributed by atoms with Gasteiger partial charge in [0, 0.05) is 36.1 Å². The molecular weight excluding hydrogens is 347 g/mol. The summed E-state index contributed by atoms with van der Waals surface area (Å²) in [5.74, 6) is 0.548. The van der Waals surface area contributed by atoms with Crippen molar-refractivity contribution >= 4 is 14.3 Å². The molecule has 0 saturated carbocycles. The van der Waals surface area contributed by atoms with Crippen LogP contribution >= 0.6 is 8.73 Å². The first kappa shape index (κ1) is 19.7. The van der Waals surface area contributed by atoms with Crippen LogP contribution in [0.25, 0.3) is 5.57 Å². The van der Waals surface area contributed by atoms with Crippen LogP contribution in [0, 0.1) is 0 Å². The summed E-state index contributed by atoms with van der Waals surface area (Å²) in [5.41, 5.74) is 8.68. The van der Waals surface area contributed by atoms with E-state index in [9.17, 15) is 0 Å². The monoisotopic (exact) mass is 378 g/mol. The topological polar surface area (TPSA) is 15.3 Å². The summed E-state index contributed by atoms with van der Waals surface area (Å²) in [6, 6.07) is 9.35. The first-order valence-corrected chi connectivity index (χ1v) is 11.0. The van der Waals surface area contributed by atoms with Crippen LogP contribution in [0.3, 0.4) is 0 Å². The van der Waals surface area contributed by atoms with Crippen LogP contribution in [0.15, 0.2) is 77.7 Å². The lowest BCUT2D eigenvalue weighted by Gasteiger charge is -2.36. The molecule has 2 unspecified atom stereocenters. The minimum atomic E-state index is 0.315. The predicted octanol–water partition coefficient (Wildman–Crippen LogP) is 5.99. The van der Waals surface area contributed by atoms with Crippen LogP contribution in [0.1, 0.15) is 44.7 Å². The molecule has 0 fully saturated rings. The van der Waals surface area contributed by atoms with E-state index in [1.807, 2.05) is 0 Å². The zero-order valence-electron chi connectivity index (χ0n) is 17.1. The van der Waals surface area contributed by atoms with E-state index in [1.54, 1.807) is 0 Å². The van der Waals surface area contributed by atoms with Gasteiger partial charge in [-0.25, -0.2) is 0 Å². The van der Waals surface area contributed by atoms with E-state index in [0.29, 0.717) is 12.0 Å². The lowest BCUT2D eigenvalue weighted by Crippen LogP contribution is -2.32. The van der Waals surface area contributed by atoms with Gasteiger partial charge in [0.05, 0.1) is 5.70 Å². The molecule has 0 aromatic heterocycles. The van der Waals surface area contributed by atoms with Crippen LogP contribution in [-0.4, -0.2) is 24.2 Å². The van der Waals surface area contributed by atoms with Gasteiger partial charge in [-0.3, -0.25) is 0 Å². The molecule has 1 N–H and O–H groups in total. The molecule has 2 heterocycles. The van der Waals surface area contributed by atoms with Crippen LogP contribution in [0.2, 0.25) is 0 Å². The molecule has 0 amide bonds. The van der Waals surface area contributed by atoms with Gasteiger partial charge in [-0.05, 0) is 45.2 Å². The first-order chi connectivity index (χ1) is 12.9. The highest BCUT2D eigenvalue weighted by Crippen LogP contribution is 2.39. The van der Waals surface area contributed by atoms with E-state index in [0.717, 1.165) is 20.5 Å². The number of hydrogen-bond acceptors (Lipinski definition) is 2. The molecular formula is C24H31N2P. The van der Waals surface area contributed by atoms with E-state index in [-0.39, 0.29) is 0 Å². The van der Waals surface area contributed by atoms with Crippen molar-refractivity contribution in [1.29, 1.82) is 0 Å². The third-order valence-corrected chi connectivity index (χ3v) is 6.24. The van der Waals surface area contributed by atoms with E-state index >= 15 is 0 Å². The smallest absolute Gasteiger partial charge is 0.0536 e. The van der Waals surface area contributed by atoms with Crippen molar-refractivity contribution < 1.29 is 0 Å². The van der Waals surface area contributed by atoms with Gasteiger partial charge in [-0.15, -0.1) is 0 Å². The second-order valence-corrected chi connectivity index (χ2v) is 8.58. The highest BCUT2D eigenvalue weighted by molar-refractivity contribution is 7.36. The molecule has 0 radical (unpaired) electrons. The Morgan fingerprint density at radius 3 is 2.56 bits per heavy atom. The molecule has 27 heavy (non-hydrogen) atoms. The maximum atomic E-state index is 4.46. The van der Waals surface area contributed by atoms with Gasteiger partial charge < -0.3 is 9.99 Å². The summed E-state index contributed by atoms with van der Waals surface area (Å²) >= 11 is 0.